The number of hydrogen-bond acceptors (Lipinski definition) is 4. The quantitative estimate of drug-likeness (QED) is 0.737. The normalized spacial score (nSPS) is 16.1. The monoisotopic (exact) mass is 461 g/mol. The number of nitrogens with one attached hydrogen (secondary N) is 1. The van der Waals surface area contributed by atoms with E-state index in [9.17, 15) is 13.2 Å². The summed E-state index contributed by atoms with van der Waals surface area (Å²) in [7, 11) is -3.57. The predicted octanol–water partition coefficient (Wildman–Crippen LogP) is 3.59. The Hall–Kier alpha value is -1.35. The molecule has 150 valence electrons. The first-order valence-corrected chi connectivity index (χ1v) is 11.1. The minimum absolute atomic E-state index is 0.152. The highest BCUT2D eigenvalue weighted by Gasteiger charge is 2.29. The zero-order valence-corrected chi connectivity index (χ0v) is 17.8. The molecule has 1 amide bonds. The second-order valence-corrected chi connectivity index (χ2v) is 9.59. The molecular formula is C18H18Cl3N3O3S. The molecule has 6 nitrogen and oxygen atoms in total. The molecule has 1 heterocycles. The van der Waals surface area contributed by atoms with Gasteiger partial charge in [-0.25, -0.2) is 8.42 Å². The number of carbonyl (C=O) groups excluding carboxylic acids is 1. The minimum Gasteiger partial charge on any atom is -0.325 e. The van der Waals surface area contributed by atoms with E-state index in [0.29, 0.717) is 46.9 Å². The molecule has 0 unspecified atom stereocenters. The van der Waals surface area contributed by atoms with E-state index in [-0.39, 0.29) is 17.3 Å². The maximum Gasteiger partial charge on any atom is 0.243 e. The third kappa shape index (κ3) is 5.37. The van der Waals surface area contributed by atoms with E-state index in [2.05, 4.69) is 5.32 Å². The summed E-state index contributed by atoms with van der Waals surface area (Å²) in [5, 5.41) is 4.10. The Balaban J connectivity index is 1.55. The van der Waals surface area contributed by atoms with Crippen LogP contribution in [-0.2, 0) is 14.8 Å². The fourth-order valence-corrected chi connectivity index (χ4v) is 4.99. The van der Waals surface area contributed by atoms with Crippen LogP contribution in [0, 0.1) is 0 Å². The van der Waals surface area contributed by atoms with Gasteiger partial charge < -0.3 is 5.32 Å². The van der Waals surface area contributed by atoms with Crippen LogP contribution in [0.2, 0.25) is 15.1 Å². The number of carbonyl (C=O) groups is 1. The van der Waals surface area contributed by atoms with Crippen molar-refractivity contribution in [2.75, 3.05) is 38.0 Å². The van der Waals surface area contributed by atoms with E-state index in [1.165, 1.54) is 16.4 Å². The number of benzene rings is 2. The van der Waals surface area contributed by atoms with Gasteiger partial charge in [0.1, 0.15) is 0 Å². The van der Waals surface area contributed by atoms with Crippen molar-refractivity contribution in [3.05, 3.63) is 57.5 Å². The molecule has 1 aliphatic rings. The Morgan fingerprint density at radius 3 is 2.04 bits per heavy atom. The summed E-state index contributed by atoms with van der Waals surface area (Å²) < 4.78 is 26.8. The number of piperazine rings is 1. The molecule has 1 N–H and O–H groups in total. The first kappa shape index (κ1) is 21.4. The molecule has 1 fully saturated rings. The molecule has 2 aromatic carbocycles. The first-order valence-electron chi connectivity index (χ1n) is 8.48. The number of anilines is 1. The summed E-state index contributed by atoms with van der Waals surface area (Å²) in [6.45, 7) is 1.68. The predicted molar refractivity (Wildman–Crippen MR) is 112 cm³/mol. The van der Waals surface area contributed by atoms with Crippen molar-refractivity contribution in [3.8, 4) is 0 Å². The van der Waals surface area contributed by atoms with Gasteiger partial charge in [0.05, 0.1) is 11.4 Å². The van der Waals surface area contributed by atoms with Crippen molar-refractivity contribution in [1.29, 1.82) is 0 Å². The molecule has 1 aliphatic heterocycles. The van der Waals surface area contributed by atoms with Crippen molar-refractivity contribution < 1.29 is 13.2 Å². The fraction of sp³-hybridized carbons (Fsp3) is 0.278. The van der Waals surface area contributed by atoms with Crippen LogP contribution in [0.25, 0.3) is 0 Å². The van der Waals surface area contributed by atoms with Gasteiger partial charge in [-0.2, -0.15) is 4.31 Å². The maximum absolute atomic E-state index is 12.7. The van der Waals surface area contributed by atoms with Gasteiger partial charge in [0, 0.05) is 46.9 Å². The summed E-state index contributed by atoms with van der Waals surface area (Å²) in [6.07, 6.45) is 0. The highest BCUT2D eigenvalue weighted by Crippen LogP contribution is 2.23. The van der Waals surface area contributed by atoms with Gasteiger partial charge in [0.25, 0.3) is 0 Å². The first-order chi connectivity index (χ1) is 13.2. The fourth-order valence-electron chi connectivity index (χ4n) is 2.91. The molecule has 0 aliphatic carbocycles. The Morgan fingerprint density at radius 1 is 0.893 bits per heavy atom. The van der Waals surface area contributed by atoms with Crippen molar-refractivity contribution in [1.82, 2.24) is 9.21 Å². The SMILES string of the molecule is O=C(CN1CCN(S(=O)(=O)c2ccc(Cl)cc2)CC1)Nc1cc(Cl)cc(Cl)c1. The third-order valence-electron chi connectivity index (χ3n) is 4.30. The molecule has 0 saturated carbocycles. The molecule has 0 atom stereocenters. The lowest BCUT2D eigenvalue weighted by Crippen LogP contribution is -2.50. The van der Waals surface area contributed by atoms with Crippen LogP contribution in [0.3, 0.4) is 0 Å². The van der Waals surface area contributed by atoms with Gasteiger partial charge in [-0.1, -0.05) is 34.8 Å². The zero-order valence-electron chi connectivity index (χ0n) is 14.7. The van der Waals surface area contributed by atoms with Gasteiger partial charge in [0.2, 0.25) is 15.9 Å². The highest BCUT2D eigenvalue weighted by molar-refractivity contribution is 7.89. The van der Waals surface area contributed by atoms with Crippen LogP contribution >= 0.6 is 34.8 Å². The topological polar surface area (TPSA) is 69.7 Å². The largest absolute Gasteiger partial charge is 0.325 e. The van der Waals surface area contributed by atoms with Gasteiger partial charge in [-0.15, -0.1) is 0 Å². The number of amides is 1. The lowest BCUT2D eigenvalue weighted by atomic mass is 10.3. The van der Waals surface area contributed by atoms with E-state index in [1.807, 2.05) is 4.90 Å². The van der Waals surface area contributed by atoms with Crippen LogP contribution < -0.4 is 5.32 Å². The second-order valence-electron chi connectivity index (χ2n) is 6.34. The average molecular weight is 463 g/mol. The number of nitrogens with zero attached hydrogens (tertiary/aromatic N) is 2. The number of halogens is 3. The lowest BCUT2D eigenvalue weighted by Gasteiger charge is -2.33. The second kappa shape index (κ2) is 8.98. The van der Waals surface area contributed by atoms with Crippen molar-refractivity contribution in [3.63, 3.8) is 0 Å². The van der Waals surface area contributed by atoms with Gasteiger partial charge in [-0.3, -0.25) is 9.69 Å². The molecule has 0 spiro atoms. The molecule has 0 radical (unpaired) electrons. The van der Waals surface area contributed by atoms with E-state index in [1.54, 1.807) is 30.3 Å². The van der Waals surface area contributed by atoms with Gasteiger partial charge in [0.15, 0.2) is 0 Å². The summed E-state index contributed by atoms with van der Waals surface area (Å²) in [4.78, 5) is 14.4. The standard InChI is InChI=1S/C18H18Cl3N3O3S/c19-13-1-3-17(4-2-13)28(26,27)24-7-5-23(6-8-24)12-18(25)22-16-10-14(20)9-15(21)11-16/h1-4,9-11H,5-8,12H2,(H,22,25). The van der Waals surface area contributed by atoms with Crippen LogP contribution in [0.5, 0.6) is 0 Å². The zero-order chi connectivity index (χ0) is 20.3. The van der Waals surface area contributed by atoms with Crippen molar-refractivity contribution >= 4 is 56.4 Å². The molecule has 10 heteroatoms. The van der Waals surface area contributed by atoms with E-state index in [0.717, 1.165) is 0 Å². The van der Waals surface area contributed by atoms with Crippen LogP contribution in [0.1, 0.15) is 0 Å². The maximum atomic E-state index is 12.7. The minimum atomic E-state index is -3.57. The van der Waals surface area contributed by atoms with Gasteiger partial charge >= 0.3 is 0 Å². The molecule has 1 saturated heterocycles. The number of hydrogen-bond donors (Lipinski definition) is 1. The molecule has 28 heavy (non-hydrogen) atoms. The van der Waals surface area contributed by atoms with Crippen LogP contribution in [-0.4, -0.2) is 56.3 Å². The van der Waals surface area contributed by atoms with Crippen molar-refractivity contribution in [2.45, 2.75) is 4.90 Å². The molecule has 0 bridgehead atoms. The van der Waals surface area contributed by atoms with Crippen LogP contribution in [0.15, 0.2) is 47.4 Å². The lowest BCUT2D eigenvalue weighted by molar-refractivity contribution is -0.117. The van der Waals surface area contributed by atoms with Crippen molar-refractivity contribution in [2.24, 2.45) is 0 Å². The molecule has 2 aromatic rings. The van der Waals surface area contributed by atoms with Gasteiger partial charge in [-0.05, 0) is 42.5 Å². The van der Waals surface area contributed by atoms with Crippen LogP contribution in [0.4, 0.5) is 5.69 Å². The number of rotatable bonds is 5. The summed E-state index contributed by atoms with van der Waals surface area (Å²) >= 11 is 17.7. The summed E-state index contributed by atoms with van der Waals surface area (Å²) in [5.41, 5.74) is 0.520. The molecule has 0 aromatic heterocycles. The average Bonchev–Trinajstić information content (AvgIpc) is 2.61. The number of sulfonamides is 1. The molecule has 3 rings (SSSR count). The smallest absolute Gasteiger partial charge is 0.243 e. The van der Waals surface area contributed by atoms with E-state index >= 15 is 0 Å². The summed E-state index contributed by atoms with van der Waals surface area (Å²) in [5.74, 6) is -0.215. The Bertz CT molecular complexity index is 940. The highest BCUT2D eigenvalue weighted by atomic mass is 35.5. The Labute approximate surface area is 179 Å². The Morgan fingerprint density at radius 2 is 1.46 bits per heavy atom. The molecular weight excluding hydrogens is 445 g/mol. The van der Waals surface area contributed by atoms with E-state index < -0.39 is 10.0 Å². The summed E-state index contributed by atoms with van der Waals surface area (Å²) in [6, 6.07) is 10.9. The Kier molecular flexibility index (Phi) is 6.85. The van der Waals surface area contributed by atoms with E-state index in [4.69, 9.17) is 34.8 Å². The third-order valence-corrected chi connectivity index (χ3v) is 6.90.